The van der Waals surface area contributed by atoms with E-state index in [-0.39, 0.29) is 0 Å². The summed E-state index contributed by atoms with van der Waals surface area (Å²) in [6, 6.07) is 3.81. The van der Waals surface area contributed by atoms with Gasteiger partial charge in [-0.15, -0.1) is 0 Å². The van der Waals surface area contributed by atoms with Gasteiger partial charge in [0.2, 0.25) is 0 Å². The number of hydrogen-bond acceptors (Lipinski definition) is 2. The Kier molecular flexibility index (Phi) is 1.57. The van der Waals surface area contributed by atoms with Crippen LogP contribution in [0.25, 0.3) is 0 Å². The number of pyridine rings is 1. The molecule has 0 amide bonds. The van der Waals surface area contributed by atoms with Crippen molar-refractivity contribution < 1.29 is 4.48 Å². The first-order valence-corrected chi connectivity index (χ1v) is 3.85. The maximum atomic E-state index is 13.0. The van der Waals surface area contributed by atoms with E-state index in [1.165, 1.54) is 6.20 Å². The second-order valence-electron chi connectivity index (χ2n) is 2.84. The van der Waals surface area contributed by atoms with Crippen molar-refractivity contribution in [1.29, 1.82) is 0 Å². The summed E-state index contributed by atoms with van der Waals surface area (Å²) in [7, 11) is 0. The van der Waals surface area contributed by atoms with E-state index in [9.17, 15) is 4.48 Å². The summed E-state index contributed by atoms with van der Waals surface area (Å²) in [5, 5.41) is 0.561. The molecule has 62 valence electrons. The molecule has 3 heteroatoms. The lowest BCUT2D eigenvalue weighted by Crippen LogP contribution is -2.11. The lowest BCUT2D eigenvalue weighted by atomic mass is 10.1. The van der Waals surface area contributed by atoms with Gasteiger partial charge in [0.25, 0.3) is 0 Å². The van der Waals surface area contributed by atoms with Crippen molar-refractivity contribution in [3.05, 3.63) is 35.7 Å². The Morgan fingerprint density at radius 1 is 1.50 bits per heavy atom. The van der Waals surface area contributed by atoms with Gasteiger partial charge in [-0.2, -0.15) is 5.12 Å². The maximum Gasteiger partial charge on any atom is 0.166 e. The Balaban J connectivity index is 2.52. The maximum absolute atomic E-state index is 13.0. The standard InChI is InChI=1S/C9H9FN2/c1-7-4-5-8-3-2-6-12(10)9(8)11-7/h2,4-6H,3H2,1H3. The van der Waals surface area contributed by atoms with Crippen LogP contribution >= 0.6 is 0 Å². The Morgan fingerprint density at radius 3 is 3.17 bits per heavy atom. The number of rotatable bonds is 0. The quantitative estimate of drug-likeness (QED) is 0.546. The minimum atomic E-state index is 0.428. The van der Waals surface area contributed by atoms with Gasteiger partial charge in [-0.3, -0.25) is 0 Å². The highest BCUT2D eigenvalue weighted by atomic mass is 19.2. The Bertz CT molecular complexity index is 333. The van der Waals surface area contributed by atoms with E-state index in [4.69, 9.17) is 0 Å². The van der Waals surface area contributed by atoms with Crippen LogP contribution in [-0.2, 0) is 6.42 Å². The predicted molar refractivity (Wildman–Crippen MR) is 45.4 cm³/mol. The third-order valence-corrected chi connectivity index (χ3v) is 1.87. The first-order chi connectivity index (χ1) is 5.77. The lowest BCUT2D eigenvalue weighted by Gasteiger charge is -2.16. The Hall–Kier alpha value is -1.38. The summed E-state index contributed by atoms with van der Waals surface area (Å²) in [4.78, 5) is 4.09. The molecule has 1 aliphatic rings. The molecule has 12 heavy (non-hydrogen) atoms. The molecule has 1 aromatic heterocycles. The van der Waals surface area contributed by atoms with Gasteiger partial charge < -0.3 is 0 Å². The van der Waals surface area contributed by atoms with Crippen LogP contribution < -0.4 is 5.12 Å². The molecule has 0 spiro atoms. The number of halogens is 1. The first-order valence-electron chi connectivity index (χ1n) is 3.85. The fourth-order valence-corrected chi connectivity index (χ4v) is 1.26. The molecule has 0 fully saturated rings. The zero-order valence-corrected chi connectivity index (χ0v) is 6.79. The van der Waals surface area contributed by atoms with Crippen LogP contribution in [0.4, 0.5) is 10.3 Å². The van der Waals surface area contributed by atoms with Gasteiger partial charge in [0.05, 0.1) is 0 Å². The topological polar surface area (TPSA) is 16.1 Å². The van der Waals surface area contributed by atoms with E-state index < -0.39 is 0 Å². The van der Waals surface area contributed by atoms with E-state index in [1.54, 1.807) is 6.08 Å². The van der Waals surface area contributed by atoms with Crippen molar-refractivity contribution in [2.45, 2.75) is 13.3 Å². The number of nitrogens with zero attached hydrogens (tertiary/aromatic N) is 2. The molecule has 1 aliphatic heterocycles. The molecule has 0 atom stereocenters. The minimum Gasteiger partial charge on any atom is -0.233 e. The molecule has 0 aromatic carbocycles. The Labute approximate surface area is 70.3 Å². The van der Waals surface area contributed by atoms with Gasteiger partial charge in [0.1, 0.15) is 0 Å². The summed E-state index contributed by atoms with van der Waals surface area (Å²) in [6.45, 7) is 1.85. The van der Waals surface area contributed by atoms with Crippen molar-refractivity contribution in [2.24, 2.45) is 0 Å². The van der Waals surface area contributed by atoms with Gasteiger partial charge in [-0.05, 0) is 19.4 Å². The second-order valence-corrected chi connectivity index (χ2v) is 2.84. The third-order valence-electron chi connectivity index (χ3n) is 1.87. The number of hydrogen-bond donors (Lipinski definition) is 0. The molecule has 0 unspecified atom stereocenters. The van der Waals surface area contributed by atoms with Crippen LogP contribution in [0.15, 0.2) is 24.4 Å². The van der Waals surface area contributed by atoms with Gasteiger partial charge in [0, 0.05) is 17.5 Å². The Morgan fingerprint density at radius 2 is 2.33 bits per heavy atom. The summed E-state index contributed by atoms with van der Waals surface area (Å²) in [5.41, 5.74) is 1.78. The fourth-order valence-electron chi connectivity index (χ4n) is 1.26. The summed E-state index contributed by atoms with van der Waals surface area (Å²) >= 11 is 0. The molecule has 0 N–H and O–H groups in total. The molecule has 2 heterocycles. The minimum absolute atomic E-state index is 0.428. The molecule has 0 saturated carbocycles. The van der Waals surface area contributed by atoms with E-state index in [2.05, 4.69) is 4.98 Å². The smallest absolute Gasteiger partial charge is 0.166 e. The zero-order chi connectivity index (χ0) is 8.55. The van der Waals surface area contributed by atoms with Crippen LogP contribution in [0.5, 0.6) is 0 Å². The number of anilines is 1. The van der Waals surface area contributed by atoms with Crippen LogP contribution in [0, 0.1) is 6.92 Å². The van der Waals surface area contributed by atoms with Gasteiger partial charge in [-0.1, -0.05) is 16.6 Å². The molecule has 1 aromatic rings. The first kappa shape index (κ1) is 7.28. The second kappa shape index (κ2) is 2.59. The highest BCUT2D eigenvalue weighted by Crippen LogP contribution is 2.23. The van der Waals surface area contributed by atoms with Gasteiger partial charge in [-0.25, -0.2) is 4.98 Å². The lowest BCUT2D eigenvalue weighted by molar-refractivity contribution is 0.486. The molecule has 2 nitrogen and oxygen atoms in total. The van der Waals surface area contributed by atoms with Crippen LogP contribution in [0.2, 0.25) is 0 Å². The third kappa shape index (κ3) is 1.07. The molecule has 0 radical (unpaired) electrons. The van der Waals surface area contributed by atoms with Crippen molar-refractivity contribution in [2.75, 3.05) is 5.12 Å². The molecular formula is C9H9FN2. The molecule has 0 aliphatic carbocycles. The monoisotopic (exact) mass is 164 g/mol. The largest absolute Gasteiger partial charge is 0.233 e. The van der Waals surface area contributed by atoms with Crippen molar-refractivity contribution in [3.63, 3.8) is 0 Å². The molecule has 0 saturated heterocycles. The molecule has 0 bridgehead atoms. The van der Waals surface area contributed by atoms with E-state index in [0.29, 0.717) is 10.9 Å². The highest BCUT2D eigenvalue weighted by Gasteiger charge is 2.12. The van der Waals surface area contributed by atoms with Crippen molar-refractivity contribution in [3.8, 4) is 0 Å². The van der Waals surface area contributed by atoms with E-state index in [1.807, 2.05) is 19.1 Å². The molecule has 2 rings (SSSR count). The van der Waals surface area contributed by atoms with Crippen LogP contribution in [0.3, 0.4) is 0 Å². The summed E-state index contributed by atoms with van der Waals surface area (Å²) < 4.78 is 13.0. The van der Waals surface area contributed by atoms with Gasteiger partial charge in [0.15, 0.2) is 5.82 Å². The zero-order valence-electron chi connectivity index (χ0n) is 6.79. The normalized spacial score (nSPS) is 14.7. The fraction of sp³-hybridized carbons (Fsp3) is 0.222. The van der Waals surface area contributed by atoms with E-state index in [0.717, 1.165) is 17.7 Å². The average molecular weight is 164 g/mol. The summed E-state index contributed by atoms with van der Waals surface area (Å²) in [5.74, 6) is 0.428. The predicted octanol–water partition coefficient (Wildman–Crippen LogP) is 2.15. The summed E-state index contributed by atoms with van der Waals surface area (Å²) in [6.07, 6.45) is 3.94. The number of aromatic nitrogens is 1. The van der Waals surface area contributed by atoms with Crippen LogP contribution in [0.1, 0.15) is 11.3 Å². The van der Waals surface area contributed by atoms with Crippen LogP contribution in [-0.4, -0.2) is 4.98 Å². The molecular weight excluding hydrogens is 155 g/mol. The number of allylic oxidation sites excluding steroid dienone is 1. The van der Waals surface area contributed by atoms with Crippen molar-refractivity contribution in [1.82, 2.24) is 4.98 Å². The average Bonchev–Trinajstić information content (AvgIpc) is 2.07. The van der Waals surface area contributed by atoms with Gasteiger partial charge >= 0.3 is 0 Å². The number of fused-ring (bicyclic) bond motifs is 1. The SMILES string of the molecule is Cc1ccc2c(n1)N(F)C=CC2. The highest BCUT2D eigenvalue weighted by molar-refractivity contribution is 5.51. The van der Waals surface area contributed by atoms with E-state index >= 15 is 0 Å². The number of aryl methyl sites for hydroxylation is 1. The van der Waals surface area contributed by atoms with Crippen molar-refractivity contribution >= 4 is 5.82 Å².